The summed E-state index contributed by atoms with van der Waals surface area (Å²) in [6, 6.07) is 10.8. The van der Waals surface area contributed by atoms with Crippen molar-refractivity contribution in [3.8, 4) is 5.69 Å². The first-order valence-corrected chi connectivity index (χ1v) is 9.32. The van der Waals surface area contributed by atoms with E-state index in [1.165, 1.54) is 4.57 Å². The zero-order chi connectivity index (χ0) is 20.4. The second kappa shape index (κ2) is 7.80. The Morgan fingerprint density at radius 2 is 1.86 bits per heavy atom. The van der Waals surface area contributed by atoms with Crippen molar-refractivity contribution in [2.75, 3.05) is 0 Å². The molecule has 2 aromatic heterocycles. The van der Waals surface area contributed by atoms with Gasteiger partial charge in [0.1, 0.15) is 6.54 Å². The summed E-state index contributed by atoms with van der Waals surface area (Å²) < 4.78 is 2.38. The normalized spacial score (nSPS) is 12.1. The maximum atomic E-state index is 13.2. The molecule has 0 aliphatic heterocycles. The van der Waals surface area contributed by atoms with Gasteiger partial charge in [0.15, 0.2) is 5.65 Å². The zero-order valence-electron chi connectivity index (χ0n) is 16.5. The van der Waals surface area contributed by atoms with Gasteiger partial charge in [-0.15, -0.1) is 0 Å². The van der Waals surface area contributed by atoms with Gasteiger partial charge in [0.05, 0.1) is 11.1 Å². The molecule has 0 fully saturated rings. The van der Waals surface area contributed by atoms with Crippen LogP contribution in [0.25, 0.3) is 16.7 Å². The molecule has 0 aliphatic carbocycles. The van der Waals surface area contributed by atoms with Crippen LogP contribution in [-0.2, 0) is 11.3 Å². The number of rotatable bonds is 5. The molecule has 0 saturated carbocycles. The first-order valence-electron chi connectivity index (χ1n) is 9.32. The van der Waals surface area contributed by atoms with Gasteiger partial charge in [-0.2, -0.15) is 0 Å². The van der Waals surface area contributed by atoms with Gasteiger partial charge in [-0.3, -0.25) is 9.59 Å². The Bertz CT molecular complexity index is 1150. The van der Waals surface area contributed by atoms with E-state index in [-0.39, 0.29) is 18.5 Å². The van der Waals surface area contributed by atoms with Crippen molar-refractivity contribution in [2.24, 2.45) is 0 Å². The van der Waals surface area contributed by atoms with Crippen molar-refractivity contribution in [1.82, 2.24) is 19.4 Å². The molecule has 3 aromatic rings. The average Bonchev–Trinajstić information content (AvgIpc) is 2.65. The van der Waals surface area contributed by atoms with Gasteiger partial charge in [0.2, 0.25) is 5.91 Å². The number of nitrogens with zero attached hydrogens (tertiary/aromatic N) is 3. The Morgan fingerprint density at radius 1 is 1.18 bits per heavy atom. The Morgan fingerprint density at radius 3 is 2.50 bits per heavy atom. The molecule has 28 heavy (non-hydrogen) atoms. The van der Waals surface area contributed by atoms with Gasteiger partial charge in [0, 0.05) is 11.7 Å². The molecule has 0 bridgehead atoms. The molecule has 7 heteroatoms. The van der Waals surface area contributed by atoms with Crippen LogP contribution in [-0.4, -0.2) is 26.1 Å². The summed E-state index contributed by atoms with van der Waals surface area (Å²) in [7, 11) is 0. The number of aromatic nitrogens is 3. The average molecular weight is 380 g/mol. The number of carbonyl (C=O) groups excluding carboxylic acids is 1. The molecular weight excluding hydrogens is 356 g/mol. The van der Waals surface area contributed by atoms with Gasteiger partial charge in [0.25, 0.3) is 5.56 Å². The first kappa shape index (κ1) is 19.5. The summed E-state index contributed by atoms with van der Waals surface area (Å²) in [6.07, 6.45) is 0.759. The quantitative estimate of drug-likeness (QED) is 0.734. The third-order valence-electron chi connectivity index (χ3n) is 4.75. The fourth-order valence-corrected chi connectivity index (χ4v) is 3.19. The summed E-state index contributed by atoms with van der Waals surface area (Å²) in [6.45, 7) is 7.12. The molecule has 1 aromatic carbocycles. The second-order valence-electron chi connectivity index (χ2n) is 7.00. The van der Waals surface area contributed by atoms with Gasteiger partial charge >= 0.3 is 5.69 Å². The van der Waals surface area contributed by atoms with Crippen LogP contribution in [0.5, 0.6) is 0 Å². The molecule has 146 valence electrons. The molecule has 3 rings (SSSR count). The lowest BCUT2D eigenvalue weighted by Crippen LogP contribution is -2.45. The zero-order valence-corrected chi connectivity index (χ0v) is 16.5. The molecule has 1 N–H and O–H groups in total. The van der Waals surface area contributed by atoms with E-state index in [4.69, 9.17) is 0 Å². The summed E-state index contributed by atoms with van der Waals surface area (Å²) in [4.78, 5) is 43.1. The van der Waals surface area contributed by atoms with Crippen LogP contribution >= 0.6 is 0 Å². The Kier molecular flexibility index (Phi) is 5.44. The van der Waals surface area contributed by atoms with Gasteiger partial charge in [-0.05, 0) is 51.0 Å². The lowest BCUT2D eigenvalue weighted by atomic mass is 10.1. The molecule has 1 atom stereocenters. The highest BCUT2D eigenvalue weighted by Crippen LogP contribution is 2.16. The minimum absolute atomic E-state index is 0.0361. The number of hydrogen-bond donors (Lipinski definition) is 1. The fourth-order valence-electron chi connectivity index (χ4n) is 3.19. The molecule has 0 aliphatic rings. The highest BCUT2D eigenvalue weighted by Gasteiger charge is 2.19. The minimum Gasteiger partial charge on any atom is -0.352 e. The Balaban J connectivity index is 2.30. The maximum Gasteiger partial charge on any atom is 0.337 e. The van der Waals surface area contributed by atoms with E-state index in [2.05, 4.69) is 10.3 Å². The molecule has 7 nitrogen and oxygen atoms in total. The number of amides is 1. The molecule has 0 saturated heterocycles. The van der Waals surface area contributed by atoms with Crippen molar-refractivity contribution in [1.29, 1.82) is 0 Å². The number of benzene rings is 1. The molecular formula is C21H24N4O3. The van der Waals surface area contributed by atoms with Crippen LogP contribution in [0.3, 0.4) is 0 Å². The van der Waals surface area contributed by atoms with Crippen molar-refractivity contribution < 1.29 is 4.79 Å². The lowest BCUT2D eigenvalue weighted by molar-refractivity contribution is -0.122. The summed E-state index contributed by atoms with van der Waals surface area (Å²) in [5, 5.41) is 3.14. The SMILES string of the molecule is CCC(C)NC(=O)Cn1c(=O)c2c(C)cc(C)nc2n(-c2ccccc2)c1=O. The van der Waals surface area contributed by atoms with Crippen molar-refractivity contribution in [3.05, 3.63) is 68.5 Å². The predicted molar refractivity (Wildman–Crippen MR) is 109 cm³/mol. The minimum atomic E-state index is -0.583. The molecule has 0 spiro atoms. The van der Waals surface area contributed by atoms with Crippen molar-refractivity contribution in [3.63, 3.8) is 0 Å². The number of para-hydroxylation sites is 1. The maximum absolute atomic E-state index is 13.2. The van der Waals surface area contributed by atoms with Crippen LogP contribution in [0.1, 0.15) is 31.5 Å². The molecule has 1 amide bonds. The topological polar surface area (TPSA) is 86.0 Å². The van der Waals surface area contributed by atoms with Crippen LogP contribution in [0, 0.1) is 13.8 Å². The number of hydrogen-bond acceptors (Lipinski definition) is 4. The second-order valence-corrected chi connectivity index (χ2v) is 7.00. The summed E-state index contributed by atoms with van der Waals surface area (Å²) in [5.74, 6) is -0.370. The standard InChI is InChI=1S/C21H24N4O3/c1-5-14(3)22-17(26)12-24-20(27)18-13(2)11-15(4)23-19(18)25(21(24)28)16-9-7-6-8-10-16/h6-11,14H,5,12H2,1-4H3,(H,22,26). The highest BCUT2D eigenvalue weighted by molar-refractivity contribution is 5.81. The summed E-state index contributed by atoms with van der Waals surface area (Å²) >= 11 is 0. The van der Waals surface area contributed by atoms with E-state index >= 15 is 0 Å². The van der Waals surface area contributed by atoms with Gasteiger partial charge < -0.3 is 5.32 Å². The lowest BCUT2D eigenvalue weighted by Gasteiger charge is -2.16. The van der Waals surface area contributed by atoms with Crippen LogP contribution in [0.4, 0.5) is 0 Å². The number of pyridine rings is 1. The number of fused-ring (bicyclic) bond motifs is 1. The van der Waals surface area contributed by atoms with Gasteiger partial charge in [-0.1, -0.05) is 25.1 Å². The van der Waals surface area contributed by atoms with E-state index < -0.39 is 11.2 Å². The van der Waals surface area contributed by atoms with Crippen LogP contribution in [0.2, 0.25) is 0 Å². The van der Waals surface area contributed by atoms with E-state index in [0.717, 1.165) is 11.0 Å². The third kappa shape index (κ3) is 3.60. The van der Waals surface area contributed by atoms with Crippen molar-refractivity contribution >= 4 is 16.9 Å². The van der Waals surface area contributed by atoms with Crippen LogP contribution in [0.15, 0.2) is 46.0 Å². The smallest absolute Gasteiger partial charge is 0.337 e. The Labute approximate surface area is 162 Å². The van der Waals surface area contributed by atoms with Crippen LogP contribution < -0.4 is 16.6 Å². The third-order valence-corrected chi connectivity index (χ3v) is 4.75. The monoisotopic (exact) mass is 380 g/mol. The van der Waals surface area contributed by atoms with E-state index in [0.29, 0.717) is 28.0 Å². The number of carbonyl (C=O) groups is 1. The first-order chi connectivity index (χ1) is 13.3. The van der Waals surface area contributed by atoms with Crippen molar-refractivity contribution in [2.45, 2.75) is 46.7 Å². The largest absolute Gasteiger partial charge is 0.352 e. The fraction of sp³-hybridized carbons (Fsp3) is 0.333. The molecule has 1 unspecified atom stereocenters. The Hall–Kier alpha value is -3.22. The molecule has 2 heterocycles. The van der Waals surface area contributed by atoms with E-state index in [9.17, 15) is 14.4 Å². The van der Waals surface area contributed by atoms with E-state index in [1.54, 1.807) is 30.3 Å². The summed E-state index contributed by atoms with van der Waals surface area (Å²) in [5.41, 5.74) is 1.23. The number of nitrogens with one attached hydrogen (secondary N) is 1. The van der Waals surface area contributed by atoms with E-state index in [1.807, 2.05) is 33.8 Å². The number of aryl methyl sites for hydroxylation is 2. The highest BCUT2D eigenvalue weighted by atomic mass is 16.2. The molecule has 0 radical (unpaired) electrons. The van der Waals surface area contributed by atoms with Gasteiger partial charge in [-0.25, -0.2) is 18.9 Å². The predicted octanol–water partition coefficient (Wildman–Crippen LogP) is 2.08.